The number of carbonyl (C=O) groups excluding carboxylic acids is 4. The molecule has 4 atom stereocenters. The molecule has 2 aliphatic rings. The second-order valence-corrected chi connectivity index (χ2v) is 8.32. The van der Waals surface area contributed by atoms with Gasteiger partial charge in [0.1, 0.15) is 0 Å². The molecule has 1 aromatic rings. The van der Waals surface area contributed by atoms with Crippen LogP contribution >= 0.6 is 0 Å². The van der Waals surface area contributed by atoms with E-state index in [1.165, 1.54) is 0 Å². The monoisotopic (exact) mass is 430 g/mol. The molecule has 10 nitrogen and oxygen atoms in total. The summed E-state index contributed by atoms with van der Waals surface area (Å²) in [6.07, 6.45) is 4.43. The van der Waals surface area contributed by atoms with E-state index < -0.39 is 23.9 Å². The van der Waals surface area contributed by atoms with E-state index in [2.05, 4.69) is 21.3 Å². The van der Waals surface area contributed by atoms with Crippen molar-refractivity contribution < 1.29 is 19.2 Å². The lowest BCUT2D eigenvalue weighted by molar-refractivity contribution is -0.122. The highest BCUT2D eigenvalue weighted by molar-refractivity contribution is 5.94. The first-order chi connectivity index (χ1) is 14.7. The molecule has 168 valence electrons. The van der Waals surface area contributed by atoms with Crippen LogP contribution < -0.4 is 32.7 Å². The molecule has 0 bridgehead atoms. The van der Waals surface area contributed by atoms with Crippen LogP contribution in [-0.2, 0) is 9.59 Å². The summed E-state index contributed by atoms with van der Waals surface area (Å²) in [4.78, 5) is 47.8. The Bertz CT molecular complexity index is 873. The van der Waals surface area contributed by atoms with Gasteiger partial charge in [0.2, 0.25) is 11.8 Å². The summed E-state index contributed by atoms with van der Waals surface area (Å²) in [7, 11) is 0. The summed E-state index contributed by atoms with van der Waals surface area (Å²) in [5, 5.41) is 11.1. The maximum Gasteiger partial charge on any atom is 0.319 e. The number of anilines is 2. The maximum atomic E-state index is 12.4. The van der Waals surface area contributed by atoms with E-state index in [1.807, 2.05) is 6.92 Å². The molecule has 0 radical (unpaired) electrons. The van der Waals surface area contributed by atoms with Crippen molar-refractivity contribution in [3.05, 3.63) is 23.8 Å². The summed E-state index contributed by atoms with van der Waals surface area (Å²) >= 11 is 0. The minimum atomic E-state index is -0.437. The summed E-state index contributed by atoms with van der Waals surface area (Å²) in [6.45, 7) is 1.83. The van der Waals surface area contributed by atoms with E-state index >= 15 is 0 Å². The van der Waals surface area contributed by atoms with Crippen LogP contribution in [0.15, 0.2) is 18.2 Å². The first-order valence-corrected chi connectivity index (χ1v) is 10.6. The molecule has 10 heteroatoms. The molecule has 6 amide bonds. The van der Waals surface area contributed by atoms with Gasteiger partial charge >= 0.3 is 12.1 Å². The normalized spacial score (nSPS) is 24.9. The molecule has 8 N–H and O–H groups in total. The minimum absolute atomic E-state index is 0.282. The average Bonchev–Trinajstić information content (AvgIpc) is 3.33. The van der Waals surface area contributed by atoms with Crippen molar-refractivity contribution in [2.75, 3.05) is 10.6 Å². The average molecular weight is 431 g/mol. The van der Waals surface area contributed by atoms with Gasteiger partial charge in [0.15, 0.2) is 0 Å². The van der Waals surface area contributed by atoms with E-state index in [-0.39, 0.29) is 23.9 Å². The predicted octanol–water partition coefficient (Wildman–Crippen LogP) is 1.55. The van der Waals surface area contributed by atoms with Gasteiger partial charge < -0.3 is 32.7 Å². The highest BCUT2D eigenvalue weighted by Crippen LogP contribution is 2.27. The summed E-state index contributed by atoms with van der Waals surface area (Å²) in [5.41, 5.74) is 12.6. The Morgan fingerprint density at radius 3 is 1.84 bits per heavy atom. The summed E-state index contributed by atoms with van der Waals surface area (Å²) < 4.78 is 0. The third-order valence-electron chi connectivity index (χ3n) is 6.14. The quantitative estimate of drug-likeness (QED) is 0.403. The molecular weight excluding hydrogens is 400 g/mol. The molecule has 0 heterocycles. The number of hydrogen-bond acceptors (Lipinski definition) is 4. The largest absolute Gasteiger partial charge is 0.369 e. The standard InChI is InChI=1S/C21H30N6O4/c1-11-8-9-12(24-20(30)25-15-6-2-4-13(15)18(22)28)10-17(11)27-21(31)26-16-7-3-5-14(16)19(23)29/h8-10,13-16H,2-7H2,1H3,(H2,22,28)(H2,23,29)(H2,24,25,30)(H2,26,27,31). The number of amides is 6. The van der Waals surface area contributed by atoms with Crippen LogP contribution in [0.4, 0.5) is 21.0 Å². The van der Waals surface area contributed by atoms with Crippen molar-refractivity contribution in [2.24, 2.45) is 23.3 Å². The van der Waals surface area contributed by atoms with Crippen LogP contribution in [0.5, 0.6) is 0 Å². The number of carbonyl (C=O) groups is 4. The molecule has 2 aliphatic carbocycles. The lowest BCUT2D eigenvalue weighted by atomic mass is 10.0. The number of rotatable bonds is 6. The molecule has 1 aromatic carbocycles. The fraction of sp³-hybridized carbons (Fsp3) is 0.524. The number of hydrogen-bond donors (Lipinski definition) is 6. The summed E-state index contributed by atoms with van der Waals surface area (Å²) in [6, 6.07) is 3.71. The fourth-order valence-corrected chi connectivity index (χ4v) is 4.44. The zero-order chi connectivity index (χ0) is 22.5. The van der Waals surface area contributed by atoms with Gasteiger partial charge in [-0.05, 0) is 50.3 Å². The highest BCUT2D eigenvalue weighted by Gasteiger charge is 2.33. The van der Waals surface area contributed by atoms with E-state index in [1.54, 1.807) is 18.2 Å². The van der Waals surface area contributed by atoms with Crippen molar-refractivity contribution in [1.29, 1.82) is 0 Å². The minimum Gasteiger partial charge on any atom is -0.369 e. The Labute approximate surface area is 180 Å². The smallest absolute Gasteiger partial charge is 0.319 e. The molecule has 2 fully saturated rings. The van der Waals surface area contributed by atoms with Gasteiger partial charge in [-0.25, -0.2) is 9.59 Å². The van der Waals surface area contributed by atoms with E-state index in [0.717, 1.165) is 18.4 Å². The molecule has 0 aromatic heterocycles. The predicted molar refractivity (Wildman–Crippen MR) is 116 cm³/mol. The van der Waals surface area contributed by atoms with Gasteiger partial charge in [-0.1, -0.05) is 18.9 Å². The van der Waals surface area contributed by atoms with Gasteiger partial charge in [-0.3, -0.25) is 9.59 Å². The molecular formula is C21H30N6O4. The number of urea groups is 2. The van der Waals surface area contributed by atoms with E-state index in [4.69, 9.17) is 11.5 Å². The molecule has 0 saturated heterocycles. The van der Waals surface area contributed by atoms with Gasteiger partial charge in [-0.15, -0.1) is 0 Å². The first-order valence-electron chi connectivity index (χ1n) is 10.6. The second-order valence-electron chi connectivity index (χ2n) is 8.32. The third kappa shape index (κ3) is 5.65. The van der Waals surface area contributed by atoms with Crippen molar-refractivity contribution in [3.63, 3.8) is 0 Å². The topological polar surface area (TPSA) is 168 Å². The van der Waals surface area contributed by atoms with Crippen molar-refractivity contribution in [2.45, 2.75) is 57.5 Å². The number of nitrogens with two attached hydrogens (primary N) is 2. The van der Waals surface area contributed by atoms with Gasteiger partial charge in [0.25, 0.3) is 0 Å². The van der Waals surface area contributed by atoms with Crippen LogP contribution in [0.25, 0.3) is 0 Å². The van der Waals surface area contributed by atoms with Crippen LogP contribution in [0.3, 0.4) is 0 Å². The maximum absolute atomic E-state index is 12.4. The molecule has 3 rings (SSSR count). The zero-order valence-corrected chi connectivity index (χ0v) is 17.6. The van der Waals surface area contributed by atoms with Crippen molar-refractivity contribution >= 4 is 35.3 Å². The Morgan fingerprint density at radius 2 is 1.32 bits per heavy atom. The molecule has 0 spiro atoms. The Morgan fingerprint density at radius 1 is 0.806 bits per heavy atom. The summed E-state index contributed by atoms with van der Waals surface area (Å²) in [5.74, 6) is -1.53. The van der Waals surface area contributed by atoms with E-state index in [0.29, 0.717) is 37.1 Å². The Balaban J connectivity index is 1.58. The van der Waals surface area contributed by atoms with Crippen LogP contribution in [0.1, 0.15) is 44.1 Å². The van der Waals surface area contributed by atoms with Crippen LogP contribution in [0.2, 0.25) is 0 Å². The van der Waals surface area contributed by atoms with Crippen molar-refractivity contribution in [1.82, 2.24) is 10.6 Å². The van der Waals surface area contributed by atoms with Gasteiger partial charge in [-0.2, -0.15) is 0 Å². The van der Waals surface area contributed by atoms with Gasteiger partial charge in [0, 0.05) is 23.5 Å². The number of aryl methyl sites for hydroxylation is 1. The SMILES string of the molecule is Cc1ccc(NC(=O)NC2CCCC2C(N)=O)cc1NC(=O)NC1CCCC1C(N)=O. The number of nitrogens with one attached hydrogen (secondary N) is 4. The fourth-order valence-electron chi connectivity index (χ4n) is 4.44. The van der Waals surface area contributed by atoms with Crippen LogP contribution in [0, 0.1) is 18.8 Å². The van der Waals surface area contributed by atoms with Crippen molar-refractivity contribution in [3.8, 4) is 0 Å². The number of benzene rings is 1. The number of primary amides is 2. The zero-order valence-electron chi connectivity index (χ0n) is 17.6. The Kier molecular flexibility index (Phi) is 6.98. The van der Waals surface area contributed by atoms with Gasteiger partial charge in [0.05, 0.1) is 11.8 Å². The third-order valence-corrected chi connectivity index (χ3v) is 6.14. The van der Waals surface area contributed by atoms with E-state index in [9.17, 15) is 19.2 Å². The molecule has 2 saturated carbocycles. The molecule has 0 aliphatic heterocycles. The Hall–Kier alpha value is -3.30. The second kappa shape index (κ2) is 9.67. The lowest BCUT2D eigenvalue weighted by Crippen LogP contribution is -2.44. The first kappa shape index (κ1) is 22.4. The van der Waals surface area contributed by atoms with Crippen LogP contribution in [-0.4, -0.2) is 36.0 Å². The molecule has 4 unspecified atom stereocenters. The highest BCUT2D eigenvalue weighted by atomic mass is 16.2. The lowest BCUT2D eigenvalue weighted by Gasteiger charge is -2.20. The molecule has 31 heavy (non-hydrogen) atoms.